The van der Waals surface area contributed by atoms with E-state index >= 15 is 0 Å². The topological polar surface area (TPSA) is 33.2 Å². The Morgan fingerprint density at radius 3 is 2.56 bits per heavy atom. The maximum atomic E-state index is 10.9. The minimum Gasteiger partial charge on any atom is -0.329 e. The molecular formula is C13H12N2O. The smallest absolute Gasteiger partial charge is 0.153 e. The molecule has 2 rings (SSSR count). The molecule has 0 atom stereocenters. The van der Waals surface area contributed by atoms with Gasteiger partial charge in [-0.2, -0.15) is 0 Å². The van der Waals surface area contributed by atoms with E-state index in [2.05, 4.69) is 4.98 Å². The number of para-hydroxylation sites is 1. The van der Waals surface area contributed by atoms with Crippen LogP contribution in [-0.4, -0.2) is 18.3 Å². The van der Waals surface area contributed by atoms with Crippen molar-refractivity contribution in [3.8, 4) is 0 Å². The lowest BCUT2D eigenvalue weighted by Gasteiger charge is -2.19. The quantitative estimate of drug-likeness (QED) is 0.733. The van der Waals surface area contributed by atoms with Gasteiger partial charge in [-0.15, -0.1) is 0 Å². The third kappa shape index (κ3) is 1.93. The van der Waals surface area contributed by atoms with Crippen molar-refractivity contribution in [3.05, 3.63) is 54.2 Å². The molecule has 3 heteroatoms. The van der Waals surface area contributed by atoms with Crippen LogP contribution in [0.3, 0.4) is 0 Å². The zero-order valence-electron chi connectivity index (χ0n) is 9.00. The number of rotatable bonds is 3. The number of nitrogens with zero attached hydrogens (tertiary/aromatic N) is 2. The third-order valence-electron chi connectivity index (χ3n) is 2.41. The standard InChI is InChI=1S/C13H12N2O/c1-15(12-7-3-2-4-8-12)13-11(10-16)6-5-9-14-13/h2-10H,1H3. The third-order valence-corrected chi connectivity index (χ3v) is 2.41. The Morgan fingerprint density at radius 1 is 1.12 bits per heavy atom. The van der Waals surface area contributed by atoms with E-state index in [0.717, 1.165) is 12.0 Å². The van der Waals surface area contributed by atoms with Gasteiger partial charge in [-0.05, 0) is 24.3 Å². The highest BCUT2D eigenvalue weighted by Gasteiger charge is 2.08. The number of benzene rings is 1. The second-order valence-electron chi connectivity index (χ2n) is 3.43. The van der Waals surface area contributed by atoms with Crippen molar-refractivity contribution in [3.63, 3.8) is 0 Å². The number of hydrogen-bond donors (Lipinski definition) is 0. The molecule has 0 N–H and O–H groups in total. The predicted octanol–water partition coefficient (Wildman–Crippen LogP) is 2.66. The lowest BCUT2D eigenvalue weighted by atomic mass is 10.2. The zero-order chi connectivity index (χ0) is 11.4. The molecule has 0 radical (unpaired) electrons. The number of carbonyl (C=O) groups excluding carboxylic acids is 1. The van der Waals surface area contributed by atoms with E-state index in [1.807, 2.05) is 42.3 Å². The maximum Gasteiger partial charge on any atom is 0.153 e. The van der Waals surface area contributed by atoms with E-state index in [1.165, 1.54) is 0 Å². The van der Waals surface area contributed by atoms with E-state index in [-0.39, 0.29) is 0 Å². The highest BCUT2D eigenvalue weighted by atomic mass is 16.1. The molecule has 0 fully saturated rings. The lowest BCUT2D eigenvalue weighted by Crippen LogP contribution is -2.13. The van der Waals surface area contributed by atoms with Crippen molar-refractivity contribution < 1.29 is 4.79 Å². The van der Waals surface area contributed by atoms with Gasteiger partial charge in [0.15, 0.2) is 6.29 Å². The fraction of sp³-hybridized carbons (Fsp3) is 0.0769. The van der Waals surface area contributed by atoms with Crippen LogP contribution in [0.2, 0.25) is 0 Å². The molecule has 0 saturated carbocycles. The van der Waals surface area contributed by atoms with Gasteiger partial charge >= 0.3 is 0 Å². The number of aldehydes is 1. The molecular weight excluding hydrogens is 200 g/mol. The van der Waals surface area contributed by atoms with Gasteiger partial charge in [0.05, 0.1) is 5.56 Å². The van der Waals surface area contributed by atoms with Crippen molar-refractivity contribution in [2.75, 3.05) is 11.9 Å². The van der Waals surface area contributed by atoms with Gasteiger partial charge < -0.3 is 4.90 Å². The van der Waals surface area contributed by atoms with Crippen LogP contribution in [0.15, 0.2) is 48.7 Å². The number of carbonyl (C=O) groups is 1. The van der Waals surface area contributed by atoms with E-state index < -0.39 is 0 Å². The summed E-state index contributed by atoms with van der Waals surface area (Å²) < 4.78 is 0. The average Bonchev–Trinajstić information content (AvgIpc) is 2.39. The van der Waals surface area contributed by atoms with Crippen LogP contribution in [-0.2, 0) is 0 Å². The summed E-state index contributed by atoms with van der Waals surface area (Å²) >= 11 is 0. The molecule has 3 nitrogen and oxygen atoms in total. The normalized spacial score (nSPS) is 9.81. The van der Waals surface area contributed by atoms with Gasteiger partial charge in [-0.1, -0.05) is 18.2 Å². The highest BCUT2D eigenvalue weighted by molar-refractivity contribution is 5.84. The molecule has 1 aromatic heterocycles. The Balaban J connectivity index is 2.41. The molecule has 0 aliphatic carbocycles. The summed E-state index contributed by atoms with van der Waals surface area (Å²) in [6.07, 6.45) is 2.50. The Morgan fingerprint density at radius 2 is 1.88 bits per heavy atom. The predicted molar refractivity (Wildman–Crippen MR) is 64.1 cm³/mol. The molecule has 0 saturated heterocycles. The second-order valence-corrected chi connectivity index (χ2v) is 3.43. The van der Waals surface area contributed by atoms with Gasteiger partial charge in [0, 0.05) is 18.9 Å². The molecule has 0 bridgehead atoms. The zero-order valence-corrected chi connectivity index (χ0v) is 9.00. The van der Waals surface area contributed by atoms with Gasteiger partial charge in [-0.3, -0.25) is 4.79 Å². The van der Waals surface area contributed by atoms with Gasteiger partial charge in [-0.25, -0.2) is 4.98 Å². The van der Waals surface area contributed by atoms with Crippen LogP contribution in [0.25, 0.3) is 0 Å². The van der Waals surface area contributed by atoms with E-state index in [0.29, 0.717) is 11.4 Å². The van der Waals surface area contributed by atoms with Crippen molar-refractivity contribution >= 4 is 17.8 Å². The molecule has 2 aromatic rings. The van der Waals surface area contributed by atoms with Crippen molar-refractivity contribution in [1.29, 1.82) is 0 Å². The lowest BCUT2D eigenvalue weighted by molar-refractivity contribution is 0.112. The molecule has 1 heterocycles. The van der Waals surface area contributed by atoms with Crippen LogP contribution in [0.1, 0.15) is 10.4 Å². The van der Waals surface area contributed by atoms with Gasteiger partial charge in [0.1, 0.15) is 5.82 Å². The SMILES string of the molecule is CN(c1ccccc1)c1ncccc1C=O. The van der Waals surface area contributed by atoms with Gasteiger partial charge in [0.25, 0.3) is 0 Å². The second kappa shape index (κ2) is 4.57. The molecule has 0 aliphatic rings. The largest absolute Gasteiger partial charge is 0.329 e. The van der Waals surface area contributed by atoms with Gasteiger partial charge in [0.2, 0.25) is 0 Å². The first kappa shape index (κ1) is 10.4. The highest BCUT2D eigenvalue weighted by Crippen LogP contribution is 2.23. The minimum absolute atomic E-state index is 0.592. The van der Waals surface area contributed by atoms with E-state index in [9.17, 15) is 4.79 Å². The summed E-state index contributed by atoms with van der Waals surface area (Å²) in [5, 5.41) is 0. The minimum atomic E-state index is 0.592. The molecule has 16 heavy (non-hydrogen) atoms. The first-order chi connectivity index (χ1) is 7.83. The molecule has 1 aromatic carbocycles. The number of hydrogen-bond acceptors (Lipinski definition) is 3. The molecule has 0 unspecified atom stereocenters. The summed E-state index contributed by atoms with van der Waals surface area (Å²) in [6, 6.07) is 13.3. The van der Waals surface area contributed by atoms with Crippen molar-refractivity contribution in [2.24, 2.45) is 0 Å². The Hall–Kier alpha value is -2.16. The summed E-state index contributed by atoms with van der Waals surface area (Å²) in [6.45, 7) is 0. The Kier molecular flexibility index (Phi) is 2.96. The number of anilines is 2. The van der Waals surface area contributed by atoms with Crippen LogP contribution in [0.5, 0.6) is 0 Å². The van der Waals surface area contributed by atoms with Crippen molar-refractivity contribution in [2.45, 2.75) is 0 Å². The average molecular weight is 212 g/mol. The van der Waals surface area contributed by atoms with E-state index in [4.69, 9.17) is 0 Å². The molecule has 0 spiro atoms. The molecule has 0 aliphatic heterocycles. The maximum absolute atomic E-state index is 10.9. The van der Waals surface area contributed by atoms with Crippen LogP contribution < -0.4 is 4.90 Å². The van der Waals surface area contributed by atoms with Crippen molar-refractivity contribution in [1.82, 2.24) is 4.98 Å². The first-order valence-electron chi connectivity index (χ1n) is 5.02. The van der Waals surface area contributed by atoms with Crippen LogP contribution in [0.4, 0.5) is 11.5 Å². The Bertz CT molecular complexity index is 482. The monoisotopic (exact) mass is 212 g/mol. The van der Waals surface area contributed by atoms with Crippen LogP contribution >= 0.6 is 0 Å². The fourth-order valence-corrected chi connectivity index (χ4v) is 1.56. The fourth-order valence-electron chi connectivity index (χ4n) is 1.56. The summed E-state index contributed by atoms with van der Waals surface area (Å²) in [7, 11) is 1.89. The number of pyridine rings is 1. The van der Waals surface area contributed by atoms with E-state index in [1.54, 1.807) is 18.3 Å². The summed E-state index contributed by atoms with van der Waals surface area (Å²) in [5.74, 6) is 0.670. The Labute approximate surface area is 94.4 Å². The van der Waals surface area contributed by atoms with Crippen LogP contribution in [0, 0.1) is 0 Å². The molecule has 80 valence electrons. The summed E-state index contributed by atoms with van der Waals surface area (Å²) in [4.78, 5) is 17.0. The number of aromatic nitrogens is 1. The molecule has 0 amide bonds. The summed E-state index contributed by atoms with van der Waals surface area (Å²) in [5.41, 5.74) is 1.60. The first-order valence-corrected chi connectivity index (χ1v) is 5.02.